The summed E-state index contributed by atoms with van der Waals surface area (Å²) in [5, 5.41) is 8.43. The van der Waals surface area contributed by atoms with Gasteiger partial charge in [0.15, 0.2) is 0 Å². The molecule has 1 aliphatic carbocycles. The quantitative estimate of drug-likeness (QED) is 0.872. The number of ether oxygens (including phenoxy) is 1. The second-order valence-corrected chi connectivity index (χ2v) is 6.79. The SMILES string of the molecule is c1c(-c2nnc(CN3CCOCC3)o2)sc2c1CCCC2. The highest BCUT2D eigenvalue weighted by molar-refractivity contribution is 7.15. The van der Waals surface area contributed by atoms with Crippen LogP contribution in [0.3, 0.4) is 0 Å². The fourth-order valence-corrected chi connectivity index (χ4v) is 4.14. The molecule has 2 aromatic rings. The normalized spacial score (nSPS) is 19.6. The van der Waals surface area contributed by atoms with Crippen LogP contribution in [0.25, 0.3) is 10.8 Å². The van der Waals surface area contributed by atoms with Crippen molar-refractivity contribution in [2.75, 3.05) is 26.3 Å². The van der Waals surface area contributed by atoms with E-state index in [2.05, 4.69) is 21.2 Å². The van der Waals surface area contributed by atoms with Crippen LogP contribution in [0.1, 0.15) is 29.2 Å². The zero-order valence-corrected chi connectivity index (χ0v) is 12.8. The third-order valence-electron chi connectivity index (χ3n) is 4.14. The van der Waals surface area contributed by atoms with Gasteiger partial charge in [-0.15, -0.1) is 21.5 Å². The number of thiophene rings is 1. The molecule has 21 heavy (non-hydrogen) atoms. The largest absolute Gasteiger partial charge is 0.419 e. The van der Waals surface area contributed by atoms with Crippen LogP contribution in [0.4, 0.5) is 0 Å². The molecule has 4 rings (SSSR count). The molecule has 0 N–H and O–H groups in total. The first-order valence-electron chi connectivity index (χ1n) is 7.63. The van der Waals surface area contributed by atoms with Gasteiger partial charge in [-0.05, 0) is 37.3 Å². The Morgan fingerprint density at radius 3 is 2.86 bits per heavy atom. The Morgan fingerprint density at radius 1 is 1.14 bits per heavy atom. The first kappa shape index (κ1) is 13.4. The van der Waals surface area contributed by atoms with E-state index in [0.29, 0.717) is 11.8 Å². The summed E-state index contributed by atoms with van der Waals surface area (Å²) in [6.07, 6.45) is 5.00. The van der Waals surface area contributed by atoms with Crippen LogP contribution in [0.5, 0.6) is 0 Å². The van der Waals surface area contributed by atoms with Crippen molar-refractivity contribution in [1.29, 1.82) is 0 Å². The fraction of sp³-hybridized carbons (Fsp3) is 0.600. The lowest BCUT2D eigenvalue weighted by Gasteiger charge is -2.24. The maximum absolute atomic E-state index is 5.86. The minimum Gasteiger partial charge on any atom is -0.419 e. The summed E-state index contributed by atoms with van der Waals surface area (Å²) in [4.78, 5) is 4.92. The van der Waals surface area contributed by atoms with Crippen molar-refractivity contribution in [3.63, 3.8) is 0 Å². The second kappa shape index (κ2) is 5.87. The molecule has 0 atom stereocenters. The van der Waals surface area contributed by atoms with Crippen LogP contribution in [0.2, 0.25) is 0 Å². The molecule has 0 saturated carbocycles. The molecule has 2 aromatic heterocycles. The van der Waals surface area contributed by atoms with E-state index in [1.165, 1.54) is 36.1 Å². The topological polar surface area (TPSA) is 51.4 Å². The summed E-state index contributed by atoms with van der Waals surface area (Å²) in [5.41, 5.74) is 1.48. The number of aryl methyl sites for hydroxylation is 2. The summed E-state index contributed by atoms with van der Waals surface area (Å²) in [5.74, 6) is 1.39. The smallest absolute Gasteiger partial charge is 0.257 e. The minimum atomic E-state index is 0.678. The van der Waals surface area contributed by atoms with E-state index < -0.39 is 0 Å². The van der Waals surface area contributed by atoms with Crippen molar-refractivity contribution in [3.05, 3.63) is 22.4 Å². The predicted octanol–water partition coefficient (Wildman–Crippen LogP) is 2.51. The van der Waals surface area contributed by atoms with E-state index in [1.54, 1.807) is 0 Å². The van der Waals surface area contributed by atoms with E-state index in [4.69, 9.17) is 9.15 Å². The molecular formula is C15H19N3O2S. The van der Waals surface area contributed by atoms with E-state index in [1.807, 2.05) is 11.3 Å². The van der Waals surface area contributed by atoms with Gasteiger partial charge in [0.25, 0.3) is 5.89 Å². The molecule has 3 heterocycles. The highest BCUT2D eigenvalue weighted by Crippen LogP contribution is 2.35. The molecule has 1 fully saturated rings. The molecule has 1 aliphatic heterocycles. The lowest BCUT2D eigenvalue weighted by atomic mass is 9.99. The molecule has 0 spiro atoms. The van der Waals surface area contributed by atoms with Crippen LogP contribution in [0, 0.1) is 0 Å². The third kappa shape index (κ3) is 2.88. The molecular weight excluding hydrogens is 286 g/mol. The molecule has 2 aliphatic rings. The van der Waals surface area contributed by atoms with Gasteiger partial charge in [0.05, 0.1) is 24.6 Å². The van der Waals surface area contributed by atoms with Gasteiger partial charge in [-0.2, -0.15) is 0 Å². The van der Waals surface area contributed by atoms with Crippen molar-refractivity contribution < 1.29 is 9.15 Å². The van der Waals surface area contributed by atoms with Gasteiger partial charge < -0.3 is 9.15 Å². The van der Waals surface area contributed by atoms with Crippen LogP contribution < -0.4 is 0 Å². The van der Waals surface area contributed by atoms with Crippen LogP contribution in [-0.2, 0) is 24.1 Å². The number of fused-ring (bicyclic) bond motifs is 1. The maximum Gasteiger partial charge on any atom is 0.257 e. The molecule has 0 unspecified atom stereocenters. The van der Waals surface area contributed by atoms with Gasteiger partial charge in [0.2, 0.25) is 5.89 Å². The van der Waals surface area contributed by atoms with Crippen LogP contribution >= 0.6 is 11.3 Å². The van der Waals surface area contributed by atoms with Crippen molar-refractivity contribution in [2.24, 2.45) is 0 Å². The molecule has 0 radical (unpaired) electrons. The van der Waals surface area contributed by atoms with E-state index in [9.17, 15) is 0 Å². The maximum atomic E-state index is 5.86. The fourth-order valence-electron chi connectivity index (χ4n) is 2.96. The Balaban J connectivity index is 1.49. The monoisotopic (exact) mass is 305 g/mol. The summed E-state index contributed by atoms with van der Waals surface area (Å²) in [7, 11) is 0. The number of hydrogen-bond acceptors (Lipinski definition) is 6. The Hall–Kier alpha value is -1.24. The van der Waals surface area contributed by atoms with Crippen molar-refractivity contribution in [2.45, 2.75) is 32.2 Å². The van der Waals surface area contributed by atoms with Gasteiger partial charge in [-0.25, -0.2) is 0 Å². The standard InChI is InChI=1S/C15H19N3O2S/c1-2-4-12-11(3-1)9-13(21-12)15-17-16-14(20-15)10-18-5-7-19-8-6-18/h9H,1-8,10H2. The number of nitrogens with zero attached hydrogens (tertiary/aromatic N) is 3. The number of rotatable bonds is 3. The second-order valence-electron chi connectivity index (χ2n) is 5.66. The summed E-state index contributed by atoms with van der Waals surface area (Å²) in [6, 6.07) is 2.24. The minimum absolute atomic E-state index is 0.678. The summed E-state index contributed by atoms with van der Waals surface area (Å²) < 4.78 is 11.2. The summed E-state index contributed by atoms with van der Waals surface area (Å²) in [6.45, 7) is 4.18. The van der Waals surface area contributed by atoms with Crippen LogP contribution in [-0.4, -0.2) is 41.4 Å². The number of hydrogen-bond donors (Lipinski definition) is 0. The van der Waals surface area contributed by atoms with Gasteiger partial charge in [0, 0.05) is 18.0 Å². The van der Waals surface area contributed by atoms with E-state index in [0.717, 1.165) is 37.7 Å². The highest BCUT2D eigenvalue weighted by atomic mass is 32.1. The zero-order valence-electron chi connectivity index (χ0n) is 12.0. The molecule has 0 bridgehead atoms. The van der Waals surface area contributed by atoms with Gasteiger partial charge >= 0.3 is 0 Å². The van der Waals surface area contributed by atoms with Crippen molar-refractivity contribution in [1.82, 2.24) is 15.1 Å². The molecule has 6 heteroatoms. The number of morpholine rings is 1. The Labute approximate surface area is 127 Å². The lowest BCUT2D eigenvalue weighted by molar-refractivity contribution is 0.0306. The van der Waals surface area contributed by atoms with Crippen molar-refractivity contribution >= 4 is 11.3 Å². The van der Waals surface area contributed by atoms with Gasteiger partial charge in [-0.3, -0.25) is 4.90 Å². The Morgan fingerprint density at radius 2 is 2.00 bits per heavy atom. The van der Waals surface area contributed by atoms with Crippen LogP contribution in [0.15, 0.2) is 10.5 Å². The highest BCUT2D eigenvalue weighted by Gasteiger charge is 2.19. The molecule has 1 saturated heterocycles. The lowest BCUT2D eigenvalue weighted by Crippen LogP contribution is -2.35. The summed E-state index contributed by atoms with van der Waals surface area (Å²) >= 11 is 1.82. The predicted molar refractivity (Wildman–Crippen MR) is 80.3 cm³/mol. The number of aromatic nitrogens is 2. The average Bonchev–Trinajstić information content (AvgIpc) is 3.14. The zero-order chi connectivity index (χ0) is 14.1. The third-order valence-corrected chi connectivity index (χ3v) is 5.36. The average molecular weight is 305 g/mol. The molecule has 5 nitrogen and oxygen atoms in total. The molecule has 0 amide bonds. The van der Waals surface area contributed by atoms with Gasteiger partial charge in [-0.1, -0.05) is 0 Å². The first-order valence-corrected chi connectivity index (χ1v) is 8.44. The first-order chi connectivity index (χ1) is 10.4. The Kier molecular flexibility index (Phi) is 3.75. The molecule has 112 valence electrons. The molecule has 0 aromatic carbocycles. The van der Waals surface area contributed by atoms with Gasteiger partial charge in [0.1, 0.15) is 0 Å². The van der Waals surface area contributed by atoms with E-state index >= 15 is 0 Å². The van der Waals surface area contributed by atoms with E-state index in [-0.39, 0.29) is 0 Å². The van der Waals surface area contributed by atoms with Crippen molar-refractivity contribution in [3.8, 4) is 10.8 Å². The Bertz CT molecular complexity index is 593.